The van der Waals surface area contributed by atoms with E-state index in [4.69, 9.17) is 5.73 Å². The standard InChI is InChI=1S/C8H11BrN4/c9-6-5-7(10)12-8(11-6)13-3-1-2-4-13/h5H,1-4H2,(H2,10,11,12). The summed E-state index contributed by atoms with van der Waals surface area (Å²) in [7, 11) is 0. The highest BCUT2D eigenvalue weighted by Crippen LogP contribution is 2.19. The monoisotopic (exact) mass is 242 g/mol. The van der Waals surface area contributed by atoms with E-state index in [0.29, 0.717) is 5.82 Å². The molecule has 4 nitrogen and oxygen atoms in total. The molecule has 1 aromatic rings. The molecule has 2 heterocycles. The molecule has 13 heavy (non-hydrogen) atoms. The van der Waals surface area contributed by atoms with Crippen molar-refractivity contribution in [2.24, 2.45) is 0 Å². The van der Waals surface area contributed by atoms with Gasteiger partial charge in [0.1, 0.15) is 10.4 Å². The first-order chi connectivity index (χ1) is 6.25. The van der Waals surface area contributed by atoms with Crippen molar-refractivity contribution in [2.75, 3.05) is 23.7 Å². The van der Waals surface area contributed by atoms with Crippen LogP contribution in [-0.2, 0) is 0 Å². The minimum absolute atomic E-state index is 0.517. The molecule has 70 valence electrons. The maximum atomic E-state index is 5.62. The zero-order chi connectivity index (χ0) is 9.26. The Morgan fingerprint density at radius 2 is 2.00 bits per heavy atom. The van der Waals surface area contributed by atoms with E-state index in [1.54, 1.807) is 6.07 Å². The highest BCUT2D eigenvalue weighted by Gasteiger charge is 2.15. The van der Waals surface area contributed by atoms with Crippen molar-refractivity contribution in [3.05, 3.63) is 10.7 Å². The third kappa shape index (κ3) is 1.91. The molecule has 1 saturated heterocycles. The second-order valence-corrected chi connectivity index (χ2v) is 3.92. The first-order valence-electron chi connectivity index (χ1n) is 4.31. The molecule has 0 saturated carbocycles. The Bertz CT molecular complexity index is 289. The summed E-state index contributed by atoms with van der Waals surface area (Å²) in [6, 6.07) is 1.71. The fourth-order valence-electron chi connectivity index (χ4n) is 1.48. The van der Waals surface area contributed by atoms with Gasteiger partial charge in [-0.15, -0.1) is 0 Å². The lowest BCUT2D eigenvalue weighted by Gasteiger charge is -2.14. The van der Waals surface area contributed by atoms with Crippen molar-refractivity contribution in [3.63, 3.8) is 0 Å². The molecule has 0 bridgehead atoms. The quantitative estimate of drug-likeness (QED) is 0.758. The van der Waals surface area contributed by atoms with E-state index in [1.807, 2.05) is 0 Å². The van der Waals surface area contributed by atoms with E-state index in [0.717, 1.165) is 23.6 Å². The Morgan fingerprint density at radius 3 is 2.62 bits per heavy atom. The summed E-state index contributed by atoms with van der Waals surface area (Å²) in [5, 5.41) is 0. The lowest BCUT2D eigenvalue weighted by atomic mass is 10.4. The number of nitrogens with two attached hydrogens (primary N) is 1. The van der Waals surface area contributed by atoms with Crippen LogP contribution >= 0.6 is 15.9 Å². The number of anilines is 2. The molecule has 0 spiro atoms. The normalized spacial score (nSPS) is 16.5. The van der Waals surface area contributed by atoms with Crippen molar-refractivity contribution >= 4 is 27.7 Å². The van der Waals surface area contributed by atoms with Crippen molar-refractivity contribution in [1.82, 2.24) is 9.97 Å². The van der Waals surface area contributed by atoms with Crippen LogP contribution in [-0.4, -0.2) is 23.1 Å². The van der Waals surface area contributed by atoms with Gasteiger partial charge in [-0.25, -0.2) is 4.98 Å². The predicted molar refractivity (Wildman–Crippen MR) is 55.6 cm³/mol. The van der Waals surface area contributed by atoms with Crippen LogP contribution in [0.2, 0.25) is 0 Å². The van der Waals surface area contributed by atoms with Crippen molar-refractivity contribution < 1.29 is 0 Å². The minimum atomic E-state index is 0.517. The third-order valence-electron chi connectivity index (χ3n) is 2.09. The number of halogens is 1. The molecule has 5 heteroatoms. The predicted octanol–water partition coefficient (Wildman–Crippen LogP) is 1.42. The van der Waals surface area contributed by atoms with Crippen LogP contribution in [0, 0.1) is 0 Å². The maximum absolute atomic E-state index is 5.62. The third-order valence-corrected chi connectivity index (χ3v) is 2.50. The van der Waals surface area contributed by atoms with Gasteiger partial charge in [0, 0.05) is 19.2 Å². The summed E-state index contributed by atoms with van der Waals surface area (Å²) >= 11 is 3.30. The largest absolute Gasteiger partial charge is 0.383 e. The number of nitrogens with zero attached hydrogens (tertiary/aromatic N) is 3. The molecule has 0 aromatic carbocycles. The summed E-state index contributed by atoms with van der Waals surface area (Å²) in [4.78, 5) is 10.6. The van der Waals surface area contributed by atoms with Crippen LogP contribution in [0.25, 0.3) is 0 Å². The second-order valence-electron chi connectivity index (χ2n) is 3.11. The molecule has 0 atom stereocenters. The van der Waals surface area contributed by atoms with Gasteiger partial charge in [-0.2, -0.15) is 4.98 Å². The molecule has 0 radical (unpaired) electrons. The van der Waals surface area contributed by atoms with Gasteiger partial charge < -0.3 is 10.6 Å². The molecule has 0 aliphatic carbocycles. The van der Waals surface area contributed by atoms with E-state index in [2.05, 4.69) is 30.8 Å². The topological polar surface area (TPSA) is 55.0 Å². The molecule has 2 N–H and O–H groups in total. The molecule has 1 aliphatic heterocycles. The van der Waals surface area contributed by atoms with Gasteiger partial charge in [0.05, 0.1) is 0 Å². The summed E-state index contributed by atoms with van der Waals surface area (Å²) in [6.07, 6.45) is 2.44. The van der Waals surface area contributed by atoms with E-state index in [-0.39, 0.29) is 0 Å². The Balaban J connectivity index is 2.28. The van der Waals surface area contributed by atoms with Crippen LogP contribution < -0.4 is 10.6 Å². The SMILES string of the molecule is Nc1cc(Br)nc(N2CCCC2)n1. The molecule has 0 unspecified atom stereocenters. The fraction of sp³-hybridized carbons (Fsp3) is 0.500. The van der Waals surface area contributed by atoms with E-state index < -0.39 is 0 Å². The Morgan fingerprint density at radius 1 is 1.31 bits per heavy atom. The highest BCUT2D eigenvalue weighted by molar-refractivity contribution is 9.10. The van der Waals surface area contributed by atoms with Crippen LogP contribution in [0.3, 0.4) is 0 Å². The number of hydrogen-bond donors (Lipinski definition) is 1. The highest BCUT2D eigenvalue weighted by atomic mass is 79.9. The molecule has 1 aromatic heterocycles. The number of hydrogen-bond acceptors (Lipinski definition) is 4. The summed E-state index contributed by atoms with van der Waals surface area (Å²) in [5.74, 6) is 1.26. The minimum Gasteiger partial charge on any atom is -0.383 e. The van der Waals surface area contributed by atoms with Crippen LogP contribution in [0.1, 0.15) is 12.8 Å². The average Bonchev–Trinajstić information content (AvgIpc) is 2.53. The Kier molecular flexibility index (Phi) is 2.35. The molecular weight excluding hydrogens is 232 g/mol. The van der Waals surface area contributed by atoms with Crippen LogP contribution in [0.4, 0.5) is 11.8 Å². The Labute approximate surface area is 85.3 Å². The lowest BCUT2D eigenvalue weighted by molar-refractivity contribution is 0.896. The van der Waals surface area contributed by atoms with E-state index in [1.165, 1.54) is 12.8 Å². The molecule has 2 rings (SSSR count). The molecule has 1 aliphatic rings. The van der Waals surface area contributed by atoms with Gasteiger partial charge in [0.25, 0.3) is 0 Å². The summed E-state index contributed by atoms with van der Waals surface area (Å²) in [5.41, 5.74) is 5.62. The van der Waals surface area contributed by atoms with E-state index in [9.17, 15) is 0 Å². The zero-order valence-corrected chi connectivity index (χ0v) is 8.79. The van der Waals surface area contributed by atoms with Crippen molar-refractivity contribution in [3.8, 4) is 0 Å². The lowest BCUT2D eigenvalue weighted by Crippen LogP contribution is -2.20. The van der Waals surface area contributed by atoms with Crippen LogP contribution in [0.5, 0.6) is 0 Å². The number of nitrogen functional groups attached to an aromatic ring is 1. The second kappa shape index (κ2) is 3.49. The van der Waals surface area contributed by atoms with E-state index >= 15 is 0 Å². The van der Waals surface area contributed by atoms with Gasteiger partial charge in [0.2, 0.25) is 5.95 Å². The first-order valence-corrected chi connectivity index (χ1v) is 5.10. The van der Waals surface area contributed by atoms with Gasteiger partial charge in [-0.1, -0.05) is 0 Å². The first kappa shape index (κ1) is 8.74. The van der Waals surface area contributed by atoms with Gasteiger partial charge in [0.15, 0.2) is 0 Å². The zero-order valence-electron chi connectivity index (χ0n) is 7.20. The van der Waals surface area contributed by atoms with Gasteiger partial charge in [-0.05, 0) is 28.8 Å². The molecule has 0 amide bonds. The molecule has 1 fully saturated rings. The fourth-order valence-corrected chi connectivity index (χ4v) is 1.87. The number of aromatic nitrogens is 2. The van der Waals surface area contributed by atoms with Crippen molar-refractivity contribution in [2.45, 2.75) is 12.8 Å². The van der Waals surface area contributed by atoms with Crippen LogP contribution in [0.15, 0.2) is 10.7 Å². The average molecular weight is 243 g/mol. The maximum Gasteiger partial charge on any atom is 0.228 e. The Hall–Kier alpha value is -0.840. The smallest absolute Gasteiger partial charge is 0.228 e. The van der Waals surface area contributed by atoms with Gasteiger partial charge >= 0.3 is 0 Å². The number of rotatable bonds is 1. The van der Waals surface area contributed by atoms with Gasteiger partial charge in [-0.3, -0.25) is 0 Å². The summed E-state index contributed by atoms with van der Waals surface area (Å²) < 4.78 is 0.752. The van der Waals surface area contributed by atoms with Crippen molar-refractivity contribution in [1.29, 1.82) is 0 Å². The molecular formula is C8H11BrN4. The summed E-state index contributed by atoms with van der Waals surface area (Å²) in [6.45, 7) is 2.08.